The number of aromatic nitrogens is 2. The van der Waals surface area contributed by atoms with Crippen molar-refractivity contribution in [1.82, 2.24) is 9.97 Å². The van der Waals surface area contributed by atoms with Gasteiger partial charge in [-0.3, -0.25) is 4.79 Å². The van der Waals surface area contributed by atoms with Crippen LogP contribution < -0.4 is 0 Å². The molecule has 2 heterocycles. The van der Waals surface area contributed by atoms with Gasteiger partial charge in [-0.1, -0.05) is 44.1 Å². The van der Waals surface area contributed by atoms with Crippen LogP contribution in [0.4, 0.5) is 0 Å². The van der Waals surface area contributed by atoms with Crippen molar-refractivity contribution >= 4 is 50.9 Å². The molecule has 0 fully saturated rings. The number of thiophene rings is 1. The van der Waals surface area contributed by atoms with Crippen LogP contribution in [-0.2, 0) is 17.6 Å². The number of aryl methyl sites for hydroxylation is 1. The van der Waals surface area contributed by atoms with Gasteiger partial charge in [-0.2, -0.15) is 0 Å². The number of thioether (sulfide) groups is 1. The quantitative estimate of drug-likeness (QED) is 0.455. The molecule has 0 aromatic carbocycles. The summed E-state index contributed by atoms with van der Waals surface area (Å²) >= 11 is 9.24. The Hall–Kier alpha value is -0.850. The topological polar surface area (TPSA) is 63.1 Å². The van der Waals surface area contributed by atoms with Crippen molar-refractivity contribution in [2.45, 2.75) is 57.4 Å². The molecular weight excluding hydrogens is 364 g/mol. The lowest BCUT2D eigenvalue weighted by atomic mass is 9.72. The third-order valence-corrected chi connectivity index (χ3v) is 7.07. The van der Waals surface area contributed by atoms with Gasteiger partial charge < -0.3 is 5.11 Å². The Morgan fingerprint density at radius 3 is 2.75 bits per heavy atom. The first kappa shape index (κ1) is 18.0. The second-order valence-electron chi connectivity index (χ2n) is 7.39. The van der Waals surface area contributed by atoms with E-state index in [-0.39, 0.29) is 0 Å². The SMILES string of the molecule is CC(Sc1nc(Cl)c2c3c(sc2n1)CC(C(C)(C)C)CC3)C(=O)O. The van der Waals surface area contributed by atoms with Crippen LogP contribution in [0.15, 0.2) is 5.16 Å². The van der Waals surface area contributed by atoms with Gasteiger partial charge in [-0.15, -0.1) is 11.3 Å². The molecule has 0 radical (unpaired) electrons. The molecule has 1 aliphatic carbocycles. The lowest BCUT2D eigenvalue weighted by Gasteiger charge is -2.33. The van der Waals surface area contributed by atoms with Crippen molar-refractivity contribution in [1.29, 1.82) is 0 Å². The van der Waals surface area contributed by atoms with Crippen LogP contribution in [0.2, 0.25) is 5.15 Å². The van der Waals surface area contributed by atoms with Gasteiger partial charge in [0.05, 0.1) is 5.39 Å². The average Bonchev–Trinajstić information content (AvgIpc) is 2.83. The number of carboxylic acids is 1. The zero-order chi connectivity index (χ0) is 17.6. The van der Waals surface area contributed by atoms with E-state index in [9.17, 15) is 4.79 Å². The number of aliphatic carboxylic acids is 1. The smallest absolute Gasteiger partial charge is 0.316 e. The molecule has 7 heteroatoms. The van der Waals surface area contributed by atoms with E-state index in [2.05, 4.69) is 30.7 Å². The van der Waals surface area contributed by atoms with Crippen molar-refractivity contribution < 1.29 is 9.90 Å². The number of hydrogen-bond acceptors (Lipinski definition) is 5. The molecular formula is C17H21ClN2O2S2. The predicted octanol–water partition coefficient (Wildman–Crippen LogP) is 5.06. The summed E-state index contributed by atoms with van der Waals surface area (Å²) in [6.07, 6.45) is 3.23. The summed E-state index contributed by atoms with van der Waals surface area (Å²) in [5.41, 5.74) is 1.59. The zero-order valence-corrected chi connectivity index (χ0v) is 16.6. The van der Waals surface area contributed by atoms with E-state index in [1.165, 1.54) is 10.4 Å². The second-order valence-corrected chi connectivity index (χ2v) is 10.1. The Balaban J connectivity index is 1.98. The number of fused-ring (bicyclic) bond motifs is 3. The van der Waals surface area contributed by atoms with E-state index in [0.717, 1.165) is 41.2 Å². The van der Waals surface area contributed by atoms with E-state index >= 15 is 0 Å². The third-order valence-electron chi connectivity index (χ3n) is 4.70. The minimum absolute atomic E-state index is 0.293. The number of nitrogens with zero attached hydrogens (tertiary/aromatic N) is 2. The fraction of sp³-hybridized carbons (Fsp3) is 0.588. The molecule has 1 aliphatic rings. The molecule has 0 saturated heterocycles. The molecule has 2 unspecified atom stereocenters. The van der Waals surface area contributed by atoms with Gasteiger partial charge in [0.2, 0.25) is 0 Å². The first-order chi connectivity index (χ1) is 11.2. The Morgan fingerprint density at radius 2 is 2.12 bits per heavy atom. The summed E-state index contributed by atoms with van der Waals surface area (Å²) < 4.78 is 0. The zero-order valence-electron chi connectivity index (χ0n) is 14.2. The Morgan fingerprint density at radius 1 is 1.42 bits per heavy atom. The summed E-state index contributed by atoms with van der Waals surface area (Å²) in [5, 5.41) is 10.3. The first-order valence-electron chi connectivity index (χ1n) is 8.04. The van der Waals surface area contributed by atoms with E-state index in [0.29, 0.717) is 21.6 Å². The summed E-state index contributed by atoms with van der Waals surface area (Å²) in [6.45, 7) is 8.52. The number of hydrogen-bond donors (Lipinski definition) is 1. The summed E-state index contributed by atoms with van der Waals surface area (Å²) in [4.78, 5) is 22.2. The first-order valence-corrected chi connectivity index (χ1v) is 10.1. The second kappa shape index (κ2) is 6.46. The fourth-order valence-corrected chi connectivity index (χ4v) is 5.57. The monoisotopic (exact) mass is 384 g/mol. The summed E-state index contributed by atoms with van der Waals surface area (Å²) in [6, 6.07) is 0. The number of rotatable bonds is 3. The van der Waals surface area contributed by atoms with Crippen LogP contribution in [0.3, 0.4) is 0 Å². The molecule has 1 N–H and O–H groups in total. The molecule has 0 saturated carbocycles. The number of carbonyl (C=O) groups is 1. The van der Waals surface area contributed by atoms with Crippen LogP contribution in [0.5, 0.6) is 0 Å². The van der Waals surface area contributed by atoms with Gasteiger partial charge in [-0.05, 0) is 43.1 Å². The van der Waals surface area contributed by atoms with Crippen LogP contribution in [0.1, 0.15) is 44.6 Å². The fourth-order valence-electron chi connectivity index (χ4n) is 3.12. The Labute approximate surface area is 155 Å². The number of halogens is 1. The van der Waals surface area contributed by atoms with E-state index in [1.54, 1.807) is 18.3 Å². The maximum absolute atomic E-state index is 11.0. The van der Waals surface area contributed by atoms with Crippen molar-refractivity contribution in [3.05, 3.63) is 15.6 Å². The molecule has 4 nitrogen and oxygen atoms in total. The highest BCUT2D eigenvalue weighted by Gasteiger charge is 2.32. The molecule has 2 aromatic heterocycles. The highest BCUT2D eigenvalue weighted by molar-refractivity contribution is 8.00. The molecule has 0 aliphatic heterocycles. The predicted molar refractivity (Wildman–Crippen MR) is 100 cm³/mol. The van der Waals surface area contributed by atoms with Crippen LogP contribution in [0.25, 0.3) is 10.2 Å². The molecule has 0 bridgehead atoms. The van der Waals surface area contributed by atoms with Gasteiger partial charge in [0.1, 0.15) is 15.2 Å². The van der Waals surface area contributed by atoms with Gasteiger partial charge >= 0.3 is 5.97 Å². The largest absolute Gasteiger partial charge is 0.480 e. The van der Waals surface area contributed by atoms with Crippen molar-refractivity contribution in [2.75, 3.05) is 0 Å². The molecule has 2 aromatic rings. The maximum atomic E-state index is 11.0. The van der Waals surface area contributed by atoms with Gasteiger partial charge in [0.15, 0.2) is 5.16 Å². The Bertz CT molecular complexity index is 798. The summed E-state index contributed by atoms with van der Waals surface area (Å²) in [7, 11) is 0. The van der Waals surface area contributed by atoms with Crippen LogP contribution in [-0.4, -0.2) is 26.3 Å². The van der Waals surface area contributed by atoms with Gasteiger partial charge in [0, 0.05) is 4.88 Å². The van der Waals surface area contributed by atoms with E-state index in [1.807, 2.05) is 0 Å². The van der Waals surface area contributed by atoms with Crippen molar-refractivity contribution in [2.24, 2.45) is 11.3 Å². The standard InChI is InChI=1S/C17H21ClN2O2S2/c1-8(15(21)22)23-16-19-13(18)12-10-6-5-9(17(2,3)4)7-11(10)24-14(12)20-16/h8-9H,5-7H2,1-4H3,(H,21,22). The molecule has 24 heavy (non-hydrogen) atoms. The maximum Gasteiger partial charge on any atom is 0.316 e. The van der Waals surface area contributed by atoms with Crippen molar-refractivity contribution in [3.63, 3.8) is 0 Å². The highest BCUT2D eigenvalue weighted by Crippen LogP contribution is 2.44. The minimum atomic E-state index is -0.877. The highest BCUT2D eigenvalue weighted by atomic mass is 35.5. The molecule has 3 rings (SSSR count). The van der Waals surface area contributed by atoms with Crippen LogP contribution in [0, 0.1) is 11.3 Å². The minimum Gasteiger partial charge on any atom is -0.480 e. The Kier molecular flexibility index (Phi) is 4.84. The normalized spacial score (nSPS) is 19.3. The average molecular weight is 385 g/mol. The summed E-state index contributed by atoms with van der Waals surface area (Å²) in [5.74, 6) is -0.219. The van der Waals surface area contributed by atoms with Crippen LogP contribution >= 0.6 is 34.7 Å². The van der Waals surface area contributed by atoms with E-state index in [4.69, 9.17) is 16.7 Å². The molecule has 0 amide bonds. The lowest BCUT2D eigenvalue weighted by Crippen LogP contribution is -2.26. The third kappa shape index (κ3) is 3.41. The number of carboxylic acid groups (broad SMARTS) is 1. The molecule has 2 atom stereocenters. The molecule has 0 spiro atoms. The van der Waals surface area contributed by atoms with Gasteiger partial charge in [0.25, 0.3) is 0 Å². The van der Waals surface area contributed by atoms with E-state index < -0.39 is 11.2 Å². The molecule has 130 valence electrons. The lowest BCUT2D eigenvalue weighted by molar-refractivity contribution is -0.136. The van der Waals surface area contributed by atoms with Crippen molar-refractivity contribution in [3.8, 4) is 0 Å². The van der Waals surface area contributed by atoms with Gasteiger partial charge in [-0.25, -0.2) is 9.97 Å².